The number of hydrogen-bond donors (Lipinski definition) is 1. The lowest BCUT2D eigenvalue weighted by Crippen LogP contribution is -2.25. The topological polar surface area (TPSA) is 62.1 Å². The van der Waals surface area contributed by atoms with E-state index in [9.17, 15) is 4.79 Å². The molecule has 0 aromatic heterocycles. The van der Waals surface area contributed by atoms with Gasteiger partial charge in [-0.25, -0.2) is 0 Å². The number of nitriles is 1. The first kappa shape index (κ1) is 11.5. The fourth-order valence-electron chi connectivity index (χ4n) is 1.79. The van der Waals surface area contributed by atoms with Gasteiger partial charge >= 0.3 is 0 Å². The lowest BCUT2D eigenvalue weighted by atomic mass is 9.87. The van der Waals surface area contributed by atoms with Crippen molar-refractivity contribution in [2.75, 3.05) is 11.9 Å². The van der Waals surface area contributed by atoms with E-state index in [-0.39, 0.29) is 12.5 Å². The van der Waals surface area contributed by atoms with Crippen LogP contribution in [-0.4, -0.2) is 12.5 Å². The molecule has 0 radical (unpaired) electrons. The Labute approximate surface area is 100 Å². The molecule has 4 nitrogen and oxygen atoms in total. The van der Waals surface area contributed by atoms with Crippen LogP contribution in [0.1, 0.15) is 19.4 Å². The van der Waals surface area contributed by atoms with E-state index in [0.717, 1.165) is 5.56 Å². The van der Waals surface area contributed by atoms with E-state index in [4.69, 9.17) is 10.00 Å². The van der Waals surface area contributed by atoms with Crippen molar-refractivity contribution in [1.29, 1.82) is 5.26 Å². The normalized spacial score (nSPS) is 14.3. The molecule has 0 saturated carbocycles. The molecule has 0 spiro atoms. The number of rotatable bonds is 2. The first-order valence-electron chi connectivity index (χ1n) is 5.47. The molecule has 88 valence electrons. The van der Waals surface area contributed by atoms with Crippen molar-refractivity contribution < 1.29 is 9.53 Å². The molecule has 0 bridgehead atoms. The Morgan fingerprint density at radius 2 is 2.29 bits per heavy atom. The molecule has 0 unspecified atom stereocenters. The van der Waals surface area contributed by atoms with Gasteiger partial charge in [0.05, 0.1) is 17.2 Å². The Bertz CT molecular complexity index is 501. The highest BCUT2D eigenvalue weighted by molar-refractivity contribution is 5.95. The maximum atomic E-state index is 11.2. The van der Waals surface area contributed by atoms with Gasteiger partial charge in [0, 0.05) is 0 Å². The van der Waals surface area contributed by atoms with Crippen LogP contribution in [-0.2, 0) is 11.2 Å². The van der Waals surface area contributed by atoms with Crippen LogP contribution in [0.25, 0.3) is 0 Å². The number of benzene rings is 1. The Morgan fingerprint density at radius 1 is 1.53 bits per heavy atom. The third-order valence-electron chi connectivity index (χ3n) is 2.63. The van der Waals surface area contributed by atoms with Crippen LogP contribution in [0.3, 0.4) is 0 Å². The summed E-state index contributed by atoms with van der Waals surface area (Å²) in [4.78, 5) is 11.2. The highest BCUT2D eigenvalue weighted by atomic mass is 16.5. The van der Waals surface area contributed by atoms with Crippen LogP contribution in [0.4, 0.5) is 5.69 Å². The predicted molar refractivity (Wildman–Crippen MR) is 63.7 cm³/mol. The maximum absolute atomic E-state index is 11.2. The number of anilines is 1. The van der Waals surface area contributed by atoms with Crippen molar-refractivity contribution in [3.05, 3.63) is 23.8 Å². The molecule has 1 aromatic carbocycles. The maximum Gasteiger partial charge on any atom is 0.262 e. The summed E-state index contributed by atoms with van der Waals surface area (Å²) < 4.78 is 5.27. The van der Waals surface area contributed by atoms with Crippen molar-refractivity contribution in [3.63, 3.8) is 0 Å². The zero-order valence-electron chi connectivity index (χ0n) is 9.91. The summed E-state index contributed by atoms with van der Waals surface area (Å²) >= 11 is 0. The molecule has 1 aliphatic heterocycles. The van der Waals surface area contributed by atoms with Crippen LogP contribution in [0.5, 0.6) is 5.75 Å². The number of fused-ring (bicyclic) bond motifs is 1. The highest BCUT2D eigenvalue weighted by Crippen LogP contribution is 2.30. The fraction of sp³-hybridized carbons (Fsp3) is 0.385. The van der Waals surface area contributed by atoms with Crippen LogP contribution in [0, 0.1) is 16.7 Å². The number of carbonyl (C=O) groups is 1. The van der Waals surface area contributed by atoms with Crippen LogP contribution >= 0.6 is 0 Å². The van der Waals surface area contributed by atoms with Gasteiger partial charge in [0.25, 0.3) is 5.91 Å². The first-order valence-corrected chi connectivity index (χ1v) is 5.47. The molecular weight excluding hydrogens is 216 g/mol. The van der Waals surface area contributed by atoms with Gasteiger partial charge in [-0.2, -0.15) is 5.26 Å². The molecule has 0 fully saturated rings. The first-order chi connectivity index (χ1) is 8.00. The number of hydrogen-bond acceptors (Lipinski definition) is 3. The SMILES string of the molecule is CC(C)(C#N)Cc1ccc2c(c1)NC(=O)CO2. The Balaban J connectivity index is 2.25. The van der Waals surface area contributed by atoms with Crippen LogP contribution in [0.15, 0.2) is 18.2 Å². The summed E-state index contributed by atoms with van der Waals surface area (Å²) in [7, 11) is 0. The molecule has 0 saturated heterocycles. The summed E-state index contributed by atoms with van der Waals surface area (Å²) in [5, 5.41) is 11.7. The number of amides is 1. The molecule has 1 heterocycles. The smallest absolute Gasteiger partial charge is 0.262 e. The lowest BCUT2D eigenvalue weighted by molar-refractivity contribution is -0.118. The third-order valence-corrected chi connectivity index (χ3v) is 2.63. The average Bonchev–Trinajstić information content (AvgIpc) is 2.28. The zero-order valence-corrected chi connectivity index (χ0v) is 9.91. The molecule has 1 aromatic rings. The Kier molecular flexibility index (Phi) is 2.76. The fourth-order valence-corrected chi connectivity index (χ4v) is 1.79. The quantitative estimate of drug-likeness (QED) is 0.846. The van der Waals surface area contributed by atoms with Crippen LogP contribution < -0.4 is 10.1 Å². The van der Waals surface area contributed by atoms with Gasteiger partial charge in [0.1, 0.15) is 5.75 Å². The zero-order chi connectivity index (χ0) is 12.5. The summed E-state index contributed by atoms with van der Waals surface area (Å²) in [6, 6.07) is 7.88. The van der Waals surface area contributed by atoms with E-state index in [0.29, 0.717) is 17.9 Å². The number of ether oxygens (including phenoxy) is 1. The average molecular weight is 230 g/mol. The van der Waals surface area contributed by atoms with Gasteiger partial charge in [-0.1, -0.05) is 6.07 Å². The standard InChI is InChI=1S/C13H14N2O2/c1-13(2,8-14)6-9-3-4-11-10(5-9)15-12(16)7-17-11/h3-5H,6-7H2,1-2H3,(H,15,16). The van der Waals surface area contributed by atoms with Gasteiger partial charge in [-0.3, -0.25) is 4.79 Å². The monoisotopic (exact) mass is 230 g/mol. The van der Waals surface area contributed by atoms with E-state index >= 15 is 0 Å². The van der Waals surface area contributed by atoms with Gasteiger partial charge in [0.15, 0.2) is 6.61 Å². The van der Waals surface area contributed by atoms with Crippen molar-refractivity contribution in [3.8, 4) is 11.8 Å². The van der Waals surface area contributed by atoms with Crippen molar-refractivity contribution >= 4 is 11.6 Å². The second kappa shape index (κ2) is 4.10. The van der Waals surface area contributed by atoms with Gasteiger partial charge in [-0.05, 0) is 38.0 Å². The number of carbonyl (C=O) groups excluding carboxylic acids is 1. The van der Waals surface area contributed by atoms with E-state index in [1.54, 1.807) is 0 Å². The Morgan fingerprint density at radius 3 is 3.00 bits per heavy atom. The molecule has 4 heteroatoms. The van der Waals surface area contributed by atoms with E-state index in [1.165, 1.54) is 0 Å². The van der Waals surface area contributed by atoms with Gasteiger partial charge in [0.2, 0.25) is 0 Å². The van der Waals surface area contributed by atoms with Gasteiger partial charge in [-0.15, -0.1) is 0 Å². The Hall–Kier alpha value is -2.02. The summed E-state index contributed by atoms with van der Waals surface area (Å²) in [6.45, 7) is 3.85. The van der Waals surface area contributed by atoms with Crippen LogP contribution in [0.2, 0.25) is 0 Å². The van der Waals surface area contributed by atoms with Crippen molar-refractivity contribution in [2.45, 2.75) is 20.3 Å². The molecular formula is C13H14N2O2. The second-order valence-corrected chi connectivity index (χ2v) is 4.84. The van der Waals surface area contributed by atoms with E-state index in [1.807, 2.05) is 32.0 Å². The molecule has 2 rings (SSSR count). The molecule has 0 atom stereocenters. The largest absolute Gasteiger partial charge is 0.482 e. The summed E-state index contributed by atoms with van der Waals surface area (Å²) in [5.74, 6) is 0.539. The van der Waals surface area contributed by atoms with Gasteiger partial charge < -0.3 is 10.1 Å². The molecule has 0 aliphatic carbocycles. The predicted octanol–water partition coefficient (Wildman–Crippen LogP) is 2.11. The van der Waals surface area contributed by atoms with Crippen molar-refractivity contribution in [1.82, 2.24) is 0 Å². The second-order valence-electron chi connectivity index (χ2n) is 4.84. The molecule has 17 heavy (non-hydrogen) atoms. The molecule has 1 amide bonds. The van der Waals surface area contributed by atoms with E-state index in [2.05, 4.69) is 11.4 Å². The highest BCUT2D eigenvalue weighted by Gasteiger charge is 2.20. The number of nitrogens with zero attached hydrogens (tertiary/aromatic N) is 1. The lowest BCUT2D eigenvalue weighted by Gasteiger charge is -2.20. The molecule has 1 aliphatic rings. The van der Waals surface area contributed by atoms with E-state index < -0.39 is 5.41 Å². The third kappa shape index (κ3) is 2.56. The van der Waals surface area contributed by atoms with Crippen molar-refractivity contribution in [2.24, 2.45) is 5.41 Å². The molecule has 1 N–H and O–H groups in total. The number of nitrogens with one attached hydrogen (secondary N) is 1. The minimum Gasteiger partial charge on any atom is -0.482 e. The summed E-state index contributed by atoms with van der Waals surface area (Å²) in [6.07, 6.45) is 0.645. The minimum absolute atomic E-state index is 0.0655. The minimum atomic E-state index is -0.409. The summed E-state index contributed by atoms with van der Waals surface area (Å²) in [5.41, 5.74) is 1.29.